The topological polar surface area (TPSA) is 80.2 Å². The Morgan fingerprint density at radius 2 is 2.36 bits per heavy atom. The van der Waals surface area contributed by atoms with Crippen molar-refractivity contribution >= 4 is 23.1 Å². The third-order valence-corrected chi connectivity index (χ3v) is 5.04. The van der Waals surface area contributed by atoms with Gasteiger partial charge in [0, 0.05) is 44.1 Å². The molecule has 1 fully saturated rings. The highest BCUT2D eigenvalue weighted by Crippen LogP contribution is 2.24. The Bertz CT molecular complexity index is 715. The van der Waals surface area contributed by atoms with E-state index in [1.165, 1.54) is 0 Å². The number of rotatable bonds is 7. The Kier molecular flexibility index (Phi) is 5.93. The lowest BCUT2D eigenvalue weighted by Crippen LogP contribution is -2.32. The summed E-state index contributed by atoms with van der Waals surface area (Å²) in [4.78, 5) is 26.9. The molecule has 1 atom stereocenters. The van der Waals surface area contributed by atoms with Gasteiger partial charge in [0.25, 0.3) is 0 Å². The average Bonchev–Trinajstić information content (AvgIpc) is 3.27. The Labute approximate surface area is 151 Å². The molecule has 2 aromatic rings. The Hall–Kier alpha value is -2.06. The molecule has 0 saturated carbocycles. The highest BCUT2D eigenvalue weighted by atomic mass is 32.1. The van der Waals surface area contributed by atoms with Crippen LogP contribution >= 0.6 is 11.3 Å². The number of aromatic nitrogens is 3. The van der Waals surface area contributed by atoms with E-state index in [-0.39, 0.29) is 5.91 Å². The van der Waals surface area contributed by atoms with Gasteiger partial charge in [0.05, 0.1) is 29.4 Å². The van der Waals surface area contributed by atoms with Crippen molar-refractivity contribution in [1.82, 2.24) is 19.9 Å². The molecule has 0 aromatic carbocycles. The molecule has 0 radical (unpaired) electrons. The first kappa shape index (κ1) is 17.8. The van der Waals surface area contributed by atoms with Crippen molar-refractivity contribution in [2.45, 2.75) is 25.7 Å². The number of aryl methyl sites for hydroxylation is 1. The minimum Gasteiger partial charge on any atom is -0.381 e. The zero-order valence-electron chi connectivity index (χ0n) is 14.6. The molecule has 0 spiro atoms. The van der Waals surface area contributed by atoms with Crippen LogP contribution in [0.3, 0.4) is 0 Å². The maximum atomic E-state index is 12.2. The molecule has 1 aliphatic heterocycles. The first-order chi connectivity index (χ1) is 12.1. The molecule has 25 heavy (non-hydrogen) atoms. The smallest absolute Gasteiger partial charge is 0.228 e. The second-order valence-electron chi connectivity index (χ2n) is 6.17. The van der Waals surface area contributed by atoms with Gasteiger partial charge in [-0.3, -0.25) is 4.79 Å². The van der Waals surface area contributed by atoms with Crippen LogP contribution < -0.4 is 5.32 Å². The summed E-state index contributed by atoms with van der Waals surface area (Å²) in [6.07, 6.45) is 2.93. The zero-order chi connectivity index (χ0) is 17.6. The van der Waals surface area contributed by atoms with Crippen molar-refractivity contribution in [3.05, 3.63) is 34.2 Å². The van der Waals surface area contributed by atoms with E-state index in [1.807, 2.05) is 25.4 Å². The molecule has 2 aromatic heterocycles. The van der Waals surface area contributed by atoms with E-state index in [1.54, 1.807) is 22.6 Å². The number of carbonyl (C=O) groups is 1. The Morgan fingerprint density at radius 1 is 1.48 bits per heavy atom. The number of amides is 1. The van der Waals surface area contributed by atoms with Crippen LogP contribution in [-0.4, -0.2) is 59.1 Å². The van der Waals surface area contributed by atoms with E-state index >= 15 is 0 Å². The zero-order valence-corrected chi connectivity index (χ0v) is 15.4. The first-order valence-electron chi connectivity index (χ1n) is 8.40. The summed E-state index contributed by atoms with van der Waals surface area (Å²) in [6, 6.07) is 1.97. The van der Waals surface area contributed by atoms with Crippen molar-refractivity contribution in [1.29, 1.82) is 0 Å². The molecule has 0 aliphatic carbocycles. The number of likely N-dealkylation sites (N-methyl/N-ethyl adjacent to an activating group) is 1. The van der Waals surface area contributed by atoms with Crippen molar-refractivity contribution in [2.24, 2.45) is 0 Å². The summed E-state index contributed by atoms with van der Waals surface area (Å²) in [7, 11) is 1.81. The second kappa shape index (κ2) is 8.35. The van der Waals surface area contributed by atoms with Gasteiger partial charge >= 0.3 is 0 Å². The highest BCUT2D eigenvalue weighted by Gasteiger charge is 2.19. The van der Waals surface area contributed by atoms with Gasteiger partial charge in [-0.15, -0.1) is 11.3 Å². The number of anilines is 1. The van der Waals surface area contributed by atoms with Crippen LogP contribution in [-0.2, 0) is 16.0 Å². The molecule has 1 aliphatic rings. The fourth-order valence-corrected chi connectivity index (χ4v) is 3.33. The van der Waals surface area contributed by atoms with Crippen LogP contribution in [0.5, 0.6) is 0 Å². The normalized spacial score (nSPS) is 16.8. The predicted octanol–water partition coefficient (Wildman–Crippen LogP) is 1.86. The number of hydrogen-bond donors (Lipinski definition) is 1. The first-order valence-corrected chi connectivity index (χ1v) is 9.28. The lowest BCUT2D eigenvalue weighted by molar-refractivity contribution is -0.129. The van der Waals surface area contributed by atoms with Crippen molar-refractivity contribution in [3.8, 4) is 0 Å². The summed E-state index contributed by atoms with van der Waals surface area (Å²) >= 11 is 1.57. The van der Waals surface area contributed by atoms with Gasteiger partial charge in [-0.25, -0.2) is 15.0 Å². The van der Waals surface area contributed by atoms with E-state index in [4.69, 9.17) is 4.74 Å². The van der Waals surface area contributed by atoms with E-state index in [0.29, 0.717) is 25.4 Å². The largest absolute Gasteiger partial charge is 0.381 e. The van der Waals surface area contributed by atoms with E-state index in [2.05, 4.69) is 20.3 Å². The van der Waals surface area contributed by atoms with Crippen molar-refractivity contribution in [2.75, 3.05) is 38.7 Å². The van der Waals surface area contributed by atoms with Crippen LogP contribution in [0.1, 0.15) is 28.7 Å². The summed E-state index contributed by atoms with van der Waals surface area (Å²) < 4.78 is 5.41. The molecule has 0 bridgehead atoms. The van der Waals surface area contributed by atoms with E-state index in [9.17, 15) is 4.79 Å². The summed E-state index contributed by atoms with van der Waals surface area (Å²) in [5, 5.41) is 6.19. The summed E-state index contributed by atoms with van der Waals surface area (Å²) in [6.45, 7) is 4.70. The molecule has 8 heteroatoms. The minimum absolute atomic E-state index is 0.0681. The SMILES string of the molecule is Cc1nc(CC(=O)N(C)CCNc2cc(C3CCOC3)ncn2)cs1. The van der Waals surface area contributed by atoms with Gasteiger partial charge in [-0.05, 0) is 13.3 Å². The number of hydrogen-bond acceptors (Lipinski definition) is 7. The maximum absolute atomic E-state index is 12.2. The predicted molar refractivity (Wildman–Crippen MR) is 96.9 cm³/mol. The monoisotopic (exact) mass is 361 g/mol. The van der Waals surface area contributed by atoms with Crippen molar-refractivity contribution < 1.29 is 9.53 Å². The molecule has 1 unspecified atom stereocenters. The fourth-order valence-electron chi connectivity index (χ4n) is 2.72. The molecule has 7 nitrogen and oxygen atoms in total. The third-order valence-electron chi connectivity index (χ3n) is 4.21. The average molecular weight is 361 g/mol. The summed E-state index contributed by atoms with van der Waals surface area (Å²) in [5.41, 5.74) is 1.85. The van der Waals surface area contributed by atoms with Gasteiger partial charge in [-0.1, -0.05) is 0 Å². The van der Waals surface area contributed by atoms with Crippen LogP contribution in [0.25, 0.3) is 0 Å². The van der Waals surface area contributed by atoms with Crippen LogP contribution in [0.15, 0.2) is 17.8 Å². The van der Waals surface area contributed by atoms with Crippen LogP contribution in [0, 0.1) is 6.92 Å². The molecule has 1 saturated heterocycles. The van der Waals surface area contributed by atoms with E-state index < -0.39 is 0 Å². The van der Waals surface area contributed by atoms with Gasteiger partial charge in [0.2, 0.25) is 5.91 Å². The Balaban J connectivity index is 1.45. The number of nitrogens with zero attached hydrogens (tertiary/aromatic N) is 4. The minimum atomic E-state index is 0.0681. The quantitative estimate of drug-likeness (QED) is 0.811. The molecular weight excluding hydrogens is 338 g/mol. The Morgan fingerprint density at radius 3 is 3.08 bits per heavy atom. The van der Waals surface area contributed by atoms with Crippen molar-refractivity contribution in [3.63, 3.8) is 0 Å². The van der Waals surface area contributed by atoms with Gasteiger partial charge in [0.15, 0.2) is 0 Å². The third kappa shape index (κ3) is 4.96. The standard InChI is InChI=1S/C17H23N5O2S/c1-12-21-14(10-25-12)7-17(23)22(2)5-4-18-16-8-15(19-11-20-16)13-3-6-24-9-13/h8,10-11,13H,3-7,9H2,1-2H3,(H,18,19,20). The van der Waals surface area contributed by atoms with Crippen LogP contribution in [0.4, 0.5) is 5.82 Å². The summed E-state index contributed by atoms with van der Waals surface area (Å²) in [5.74, 6) is 1.21. The highest BCUT2D eigenvalue weighted by molar-refractivity contribution is 7.09. The lowest BCUT2D eigenvalue weighted by Gasteiger charge is -2.17. The lowest BCUT2D eigenvalue weighted by atomic mass is 10.1. The maximum Gasteiger partial charge on any atom is 0.228 e. The number of carbonyl (C=O) groups excluding carboxylic acids is 1. The molecule has 3 rings (SSSR count). The molecule has 134 valence electrons. The van der Waals surface area contributed by atoms with Crippen LogP contribution in [0.2, 0.25) is 0 Å². The number of thiazole rings is 1. The number of nitrogens with one attached hydrogen (secondary N) is 1. The number of ether oxygens (including phenoxy) is 1. The molecule has 1 amide bonds. The fraction of sp³-hybridized carbons (Fsp3) is 0.529. The molecule has 3 heterocycles. The molecule has 1 N–H and O–H groups in total. The van der Waals surface area contributed by atoms with E-state index in [0.717, 1.165) is 41.8 Å². The van der Waals surface area contributed by atoms with Gasteiger partial charge in [-0.2, -0.15) is 0 Å². The second-order valence-corrected chi connectivity index (χ2v) is 7.23. The van der Waals surface area contributed by atoms with Gasteiger partial charge in [0.1, 0.15) is 12.1 Å². The molecular formula is C17H23N5O2S. The van der Waals surface area contributed by atoms with Gasteiger partial charge < -0.3 is 15.0 Å².